The van der Waals surface area contributed by atoms with E-state index < -0.39 is 0 Å². The van der Waals surface area contributed by atoms with Crippen molar-refractivity contribution in [3.63, 3.8) is 0 Å². The van der Waals surface area contributed by atoms with Crippen molar-refractivity contribution in [1.82, 2.24) is 4.90 Å². The highest BCUT2D eigenvalue weighted by Crippen LogP contribution is 2.34. The second kappa shape index (κ2) is 10.9. The Morgan fingerprint density at radius 2 is 1.63 bits per heavy atom. The van der Waals surface area contributed by atoms with Crippen LogP contribution in [0.4, 0.5) is 11.4 Å². The van der Waals surface area contributed by atoms with Gasteiger partial charge in [-0.25, -0.2) is 0 Å². The smallest absolute Gasteiger partial charge is 0.265 e. The van der Waals surface area contributed by atoms with Gasteiger partial charge < -0.3 is 19.7 Å². The van der Waals surface area contributed by atoms with Crippen molar-refractivity contribution in [3.8, 4) is 11.5 Å². The van der Waals surface area contributed by atoms with Gasteiger partial charge in [0.05, 0.1) is 23.4 Å². The molecule has 0 atom stereocenters. The van der Waals surface area contributed by atoms with E-state index >= 15 is 0 Å². The molecule has 0 aliphatic carbocycles. The lowest BCUT2D eigenvalue weighted by Crippen LogP contribution is -2.41. The molecule has 0 saturated carbocycles. The molecule has 9 nitrogen and oxygen atoms in total. The number of amides is 4. The number of rotatable bonds is 9. The number of hydrogen-bond acceptors (Lipinski definition) is 6. The maximum Gasteiger partial charge on any atom is 0.265 e. The van der Waals surface area contributed by atoms with Crippen molar-refractivity contribution in [1.29, 1.82) is 0 Å². The van der Waals surface area contributed by atoms with Crippen LogP contribution in [0.2, 0.25) is 5.02 Å². The molecule has 5 rings (SSSR count). The highest BCUT2D eigenvalue weighted by atomic mass is 35.5. The van der Waals surface area contributed by atoms with E-state index in [-0.39, 0.29) is 56.4 Å². The van der Waals surface area contributed by atoms with E-state index in [1.807, 2.05) is 0 Å². The summed E-state index contributed by atoms with van der Waals surface area (Å²) in [6.07, 6.45) is 0.427. The normalized spacial score (nSPS) is 14.2. The summed E-state index contributed by atoms with van der Waals surface area (Å²) in [6.45, 7) is 0.599. The topological polar surface area (TPSA) is 105 Å². The lowest BCUT2D eigenvalue weighted by atomic mass is 10.1. The maximum atomic E-state index is 12.6. The van der Waals surface area contributed by atoms with E-state index in [1.54, 1.807) is 71.6 Å². The summed E-state index contributed by atoms with van der Waals surface area (Å²) in [4.78, 5) is 52.9. The number of fused-ring (bicyclic) bond motifs is 2. The van der Waals surface area contributed by atoms with Gasteiger partial charge in [0, 0.05) is 23.7 Å². The first-order valence-corrected chi connectivity index (χ1v) is 12.5. The average Bonchev–Trinajstić information content (AvgIpc) is 3.16. The predicted molar refractivity (Wildman–Crippen MR) is 141 cm³/mol. The highest BCUT2D eigenvalue weighted by Gasteiger charge is 2.34. The zero-order valence-corrected chi connectivity index (χ0v) is 21.1. The molecule has 3 aromatic carbocycles. The van der Waals surface area contributed by atoms with E-state index in [2.05, 4.69) is 5.32 Å². The molecular formula is C28H24ClN3O6. The van der Waals surface area contributed by atoms with E-state index in [0.717, 1.165) is 0 Å². The minimum Gasteiger partial charge on any atom is -0.492 e. The van der Waals surface area contributed by atoms with Crippen LogP contribution in [0.1, 0.15) is 33.6 Å². The van der Waals surface area contributed by atoms with E-state index in [1.165, 1.54) is 4.90 Å². The third-order valence-corrected chi connectivity index (χ3v) is 6.50. The molecule has 0 bridgehead atoms. The molecule has 3 aromatic rings. The molecule has 2 aliphatic heterocycles. The second-order valence-electron chi connectivity index (χ2n) is 8.78. The Labute approximate surface area is 223 Å². The van der Waals surface area contributed by atoms with E-state index in [0.29, 0.717) is 45.4 Å². The Morgan fingerprint density at radius 3 is 2.34 bits per heavy atom. The molecule has 0 radical (unpaired) electrons. The van der Waals surface area contributed by atoms with Crippen LogP contribution in [-0.4, -0.2) is 54.8 Å². The predicted octanol–water partition coefficient (Wildman–Crippen LogP) is 4.16. The molecule has 194 valence electrons. The fourth-order valence-corrected chi connectivity index (χ4v) is 4.50. The maximum absolute atomic E-state index is 12.6. The number of imide groups is 1. The third-order valence-electron chi connectivity index (χ3n) is 6.25. The minimum absolute atomic E-state index is 0.0859. The van der Waals surface area contributed by atoms with Gasteiger partial charge in [0.25, 0.3) is 17.7 Å². The molecular weight excluding hydrogens is 510 g/mol. The lowest BCUT2D eigenvalue weighted by molar-refractivity contribution is -0.121. The van der Waals surface area contributed by atoms with Crippen LogP contribution >= 0.6 is 11.6 Å². The Morgan fingerprint density at radius 1 is 0.921 bits per heavy atom. The molecule has 10 heteroatoms. The quantitative estimate of drug-likeness (QED) is 0.414. The summed E-state index contributed by atoms with van der Waals surface area (Å²) in [5, 5.41) is 3.42. The fraction of sp³-hybridized carbons (Fsp3) is 0.214. The highest BCUT2D eigenvalue weighted by molar-refractivity contribution is 6.30. The molecule has 0 saturated heterocycles. The van der Waals surface area contributed by atoms with Gasteiger partial charge in [-0.05, 0) is 61.0 Å². The molecule has 38 heavy (non-hydrogen) atoms. The van der Waals surface area contributed by atoms with Gasteiger partial charge in [-0.2, -0.15) is 0 Å². The van der Waals surface area contributed by atoms with Crippen molar-refractivity contribution in [2.24, 2.45) is 0 Å². The van der Waals surface area contributed by atoms with Crippen LogP contribution in [0.15, 0.2) is 66.7 Å². The van der Waals surface area contributed by atoms with Gasteiger partial charge in [-0.1, -0.05) is 23.7 Å². The molecule has 0 spiro atoms. The van der Waals surface area contributed by atoms with E-state index in [4.69, 9.17) is 21.1 Å². The lowest BCUT2D eigenvalue weighted by Gasteiger charge is -2.29. The van der Waals surface area contributed by atoms with Crippen LogP contribution in [0, 0.1) is 0 Å². The molecule has 2 heterocycles. The summed E-state index contributed by atoms with van der Waals surface area (Å²) in [5.74, 6) is -0.0165. The van der Waals surface area contributed by atoms with Gasteiger partial charge in [0.15, 0.2) is 6.61 Å². The van der Waals surface area contributed by atoms with Crippen molar-refractivity contribution in [2.45, 2.75) is 12.8 Å². The third kappa shape index (κ3) is 5.33. The number of anilines is 2. The van der Waals surface area contributed by atoms with Crippen LogP contribution in [0.25, 0.3) is 0 Å². The number of halogens is 1. The fourth-order valence-electron chi connectivity index (χ4n) is 4.37. The first-order chi connectivity index (χ1) is 18.4. The first kappa shape index (κ1) is 25.3. The van der Waals surface area contributed by atoms with Crippen molar-refractivity contribution in [3.05, 3.63) is 82.9 Å². The number of carbonyl (C=O) groups excluding carboxylic acids is 4. The van der Waals surface area contributed by atoms with Gasteiger partial charge >= 0.3 is 0 Å². The van der Waals surface area contributed by atoms with Gasteiger partial charge in [0.1, 0.15) is 18.1 Å². The van der Waals surface area contributed by atoms with Crippen LogP contribution in [0.5, 0.6) is 11.5 Å². The second-order valence-corrected chi connectivity index (χ2v) is 9.21. The summed E-state index contributed by atoms with van der Waals surface area (Å²) in [6, 6.07) is 18.7. The van der Waals surface area contributed by atoms with Gasteiger partial charge in [-0.3, -0.25) is 24.1 Å². The summed E-state index contributed by atoms with van der Waals surface area (Å²) >= 11 is 5.90. The number of nitrogens with zero attached hydrogens (tertiary/aromatic N) is 2. The Bertz CT molecular complexity index is 1370. The Kier molecular flexibility index (Phi) is 7.28. The number of hydrogen-bond donors (Lipinski definition) is 1. The van der Waals surface area contributed by atoms with Crippen LogP contribution < -0.4 is 19.7 Å². The molecule has 4 amide bonds. The Hall–Kier alpha value is -4.37. The van der Waals surface area contributed by atoms with E-state index in [9.17, 15) is 19.2 Å². The first-order valence-electron chi connectivity index (χ1n) is 12.1. The zero-order chi connectivity index (χ0) is 26.6. The standard InChI is InChI=1S/C28H24ClN3O6/c29-18-7-10-20(11-8-18)37-15-14-31-23-16-19(9-12-24(23)38-17-26(31)34)30-25(33)6-3-13-32-27(35)21-4-1-2-5-22(21)28(32)36/h1-2,4-5,7-12,16H,3,6,13-15,17H2,(H,30,33). The summed E-state index contributed by atoms with van der Waals surface area (Å²) in [7, 11) is 0. The van der Waals surface area contributed by atoms with Crippen molar-refractivity contribution < 1.29 is 28.7 Å². The average molecular weight is 534 g/mol. The summed E-state index contributed by atoms with van der Waals surface area (Å²) in [5.41, 5.74) is 1.80. The zero-order valence-electron chi connectivity index (χ0n) is 20.3. The molecule has 2 aliphatic rings. The molecule has 0 aromatic heterocycles. The Balaban J connectivity index is 1.16. The van der Waals surface area contributed by atoms with Gasteiger partial charge in [-0.15, -0.1) is 0 Å². The summed E-state index contributed by atoms with van der Waals surface area (Å²) < 4.78 is 11.3. The van der Waals surface area contributed by atoms with Gasteiger partial charge in [0.2, 0.25) is 5.91 Å². The molecule has 0 fully saturated rings. The number of carbonyl (C=O) groups is 4. The van der Waals surface area contributed by atoms with Crippen LogP contribution in [0.3, 0.4) is 0 Å². The van der Waals surface area contributed by atoms with Crippen molar-refractivity contribution in [2.75, 3.05) is 36.5 Å². The largest absolute Gasteiger partial charge is 0.492 e. The minimum atomic E-state index is -0.342. The number of ether oxygens (including phenoxy) is 2. The molecule has 1 N–H and O–H groups in total. The number of nitrogens with one attached hydrogen (secondary N) is 1. The van der Waals surface area contributed by atoms with Crippen LogP contribution in [-0.2, 0) is 9.59 Å². The SMILES string of the molecule is O=C(CCCN1C(=O)c2ccccc2C1=O)Nc1ccc2c(c1)N(CCOc1ccc(Cl)cc1)C(=O)CO2. The molecule has 0 unspecified atom stereocenters. The number of benzene rings is 3. The van der Waals surface area contributed by atoms with Crippen molar-refractivity contribution >= 4 is 46.6 Å². The monoisotopic (exact) mass is 533 g/mol.